The first-order valence-electron chi connectivity index (χ1n) is 12.3. The van der Waals surface area contributed by atoms with Gasteiger partial charge in [0.15, 0.2) is 0 Å². The number of unbranched alkanes of at least 4 members (excludes halogenated alkanes) is 1. The largest absolute Gasteiger partial charge is 0.380 e. The van der Waals surface area contributed by atoms with Gasteiger partial charge in [0.05, 0.1) is 25.5 Å². The average Bonchev–Trinajstić information content (AvgIpc) is 3.17. The molecule has 0 N–H and O–H groups in total. The van der Waals surface area contributed by atoms with Crippen molar-refractivity contribution >= 4 is 29.2 Å². The van der Waals surface area contributed by atoms with Crippen LogP contribution < -0.4 is 4.90 Å². The van der Waals surface area contributed by atoms with Crippen LogP contribution in [0.15, 0.2) is 24.3 Å². The third-order valence-electron chi connectivity index (χ3n) is 5.70. The monoisotopic (exact) mass is 490 g/mol. The number of imide groups is 1. The highest BCUT2D eigenvalue weighted by Gasteiger charge is 2.30. The maximum atomic E-state index is 12.2. The van der Waals surface area contributed by atoms with Gasteiger partial charge < -0.3 is 19.1 Å². The number of carbonyl (C=O) groups excluding carboxylic acids is 4. The Morgan fingerprint density at radius 3 is 1.94 bits per heavy atom. The van der Waals surface area contributed by atoms with Gasteiger partial charge in [-0.25, -0.2) is 0 Å². The molecule has 194 valence electrons. The summed E-state index contributed by atoms with van der Waals surface area (Å²) in [6.45, 7) is 5.52. The van der Waals surface area contributed by atoms with Crippen molar-refractivity contribution in [3.8, 4) is 0 Å². The molecular weight excluding hydrogens is 452 g/mol. The summed E-state index contributed by atoms with van der Waals surface area (Å²) in [7, 11) is 1.76. The molecule has 1 fully saturated rings. The number of carbonyl (C=O) groups is 4. The summed E-state index contributed by atoms with van der Waals surface area (Å²) < 4.78 is 16.5. The molecule has 0 radical (unpaired) electrons. The van der Waals surface area contributed by atoms with Crippen molar-refractivity contribution in [2.75, 3.05) is 58.1 Å². The number of hydrogen-bond acceptors (Lipinski definition) is 7. The van der Waals surface area contributed by atoms with Gasteiger partial charge in [-0.3, -0.25) is 24.1 Å². The molecule has 0 saturated carbocycles. The first kappa shape index (κ1) is 28.6. The maximum Gasteiger partial charge on any atom is 0.234 e. The Hall–Kier alpha value is -2.62. The number of rotatable bonds is 18. The standard InChI is InChI=1S/C26H38N2O7/c1-21(29)27(2)13-17-33-14-3-4-15-34-18-19-35-16-5-6-24(30)20-22-7-9-23(10-8-22)28-25(31)11-12-26(28)32/h7-10H,3-6,11-20H2,1-2H3. The molecule has 1 saturated heterocycles. The van der Waals surface area contributed by atoms with Crippen LogP contribution in [0.3, 0.4) is 0 Å². The summed E-state index contributed by atoms with van der Waals surface area (Å²) >= 11 is 0. The van der Waals surface area contributed by atoms with Crippen LogP contribution >= 0.6 is 0 Å². The van der Waals surface area contributed by atoms with Gasteiger partial charge in [-0.1, -0.05) is 12.1 Å². The Labute approximate surface area is 207 Å². The van der Waals surface area contributed by atoms with Gasteiger partial charge in [0.1, 0.15) is 5.78 Å². The number of hydrogen-bond donors (Lipinski definition) is 0. The highest BCUT2D eigenvalue weighted by molar-refractivity contribution is 6.19. The fourth-order valence-corrected chi connectivity index (χ4v) is 3.51. The fraction of sp³-hybridized carbons (Fsp3) is 0.615. The zero-order chi connectivity index (χ0) is 25.5. The van der Waals surface area contributed by atoms with E-state index in [4.69, 9.17) is 14.2 Å². The van der Waals surface area contributed by atoms with Crippen LogP contribution in [-0.4, -0.2) is 81.6 Å². The third kappa shape index (κ3) is 11.1. The van der Waals surface area contributed by atoms with Gasteiger partial charge in [0, 0.05) is 66.0 Å². The van der Waals surface area contributed by atoms with E-state index >= 15 is 0 Å². The normalized spacial score (nSPS) is 13.5. The molecule has 1 aliphatic heterocycles. The predicted molar refractivity (Wildman–Crippen MR) is 131 cm³/mol. The molecule has 0 bridgehead atoms. The lowest BCUT2D eigenvalue weighted by atomic mass is 10.1. The number of amides is 3. The van der Waals surface area contributed by atoms with Gasteiger partial charge in [-0.2, -0.15) is 0 Å². The minimum absolute atomic E-state index is 0.0372. The second kappa shape index (κ2) is 16.1. The number of benzene rings is 1. The maximum absolute atomic E-state index is 12.2. The molecule has 1 heterocycles. The second-order valence-electron chi connectivity index (χ2n) is 8.59. The van der Waals surface area contributed by atoms with E-state index < -0.39 is 0 Å². The Morgan fingerprint density at radius 2 is 1.37 bits per heavy atom. The molecule has 0 atom stereocenters. The summed E-state index contributed by atoms with van der Waals surface area (Å²) in [5.74, 6) is -0.196. The van der Waals surface area contributed by atoms with E-state index in [1.165, 1.54) is 11.8 Å². The minimum atomic E-state index is -0.180. The molecule has 0 aromatic heterocycles. The van der Waals surface area contributed by atoms with Crippen LogP contribution in [0.5, 0.6) is 0 Å². The first-order valence-corrected chi connectivity index (χ1v) is 12.3. The van der Waals surface area contributed by atoms with Gasteiger partial charge >= 0.3 is 0 Å². The number of ketones is 1. The molecule has 1 aliphatic rings. The predicted octanol–water partition coefficient (Wildman–Crippen LogP) is 2.54. The zero-order valence-electron chi connectivity index (χ0n) is 21.0. The summed E-state index contributed by atoms with van der Waals surface area (Å²) in [5.41, 5.74) is 1.42. The summed E-state index contributed by atoms with van der Waals surface area (Å²) in [4.78, 5) is 49.7. The summed E-state index contributed by atoms with van der Waals surface area (Å²) in [5, 5.41) is 0. The number of anilines is 1. The number of nitrogens with zero attached hydrogens (tertiary/aromatic N) is 2. The lowest BCUT2D eigenvalue weighted by Crippen LogP contribution is -2.28. The third-order valence-corrected chi connectivity index (χ3v) is 5.70. The molecular formula is C26H38N2O7. The molecule has 2 rings (SSSR count). The minimum Gasteiger partial charge on any atom is -0.380 e. The summed E-state index contributed by atoms with van der Waals surface area (Å²) in [6.07, 6.45) is 3.74. The molecule has 1 aromatic rings. The van der Waals surface area contributed by atoms with Crippen molar-refractivity contribution in [3.05, 3.63) is 29.8 Å². The molecule has 0 unspecified atom stereocenters. The Bertz CT molecular complexity index is 809. The van der Waals surface area contributed by atoms with E-state index in [-0.39, 0.29) is 36.3 Å². The van der Waals surface area contributed by atoms with Crippen molar-refractivity contribution in [1.82, 2.24) is 4.90 Å². The van der Waals surface area contributed by atoms with Gasteiger partial charge in [0.25, 0.3) is 0 Å². The topological polar surface area (TPSA) is 102 Å². The van der Waals surface area contributed by atoms with Gasteiger partial charge in [-0.05, 0) is 37.0 Å². The molecule has 9 heteroatoms. The SMILES string of the molecule is CC(=O)N(C)CCOCCCCOCCOCCCC(=O)Cc1ccc(N2C(=O)CCC2=O)cc1. The second-order valence-corrected chi connectivity index (χ2v) is 8.59. The average molecular weight is 491 g/mol. The van der Waals surface area contributed by atoms with Crippen LogP contribution in [0.4, 0.5) is 5.69 Å². The number of ether oxygens (including phenoxy) is 3. The van der Waals surface area contributed by atoms with E-state index in [9.17, 15) is 19.2 Å². The van der Waals surface area contributed by atoms with Crippen molar-refractivity contribution in [1.29, 1.82) is 0 Å². The summed E-state index contributed by atoms with van der Waals surface area (Å²) in [6, 6.07) is 7.02. The number of likely N-dealkylation sites (N-methyl/N-ethyl adjacent to an activating group) is 1. The Morgan fingerprint density at radius 1 is 0.829 bits per heavy atom. The van der Waals surface area contributed by atoms with Gasteiger partial charge in [-0.15, -0.1) is 0 Å². The zero-order valence-corrected chi connectivity index (χ0v) is 21.0. The fourth-order valence-electron chi connectivity index (χ4n) is 3.51. The van der Waals surface area contributed by atoms with Crippen LogP contribution in [0.1, 0.15) is 51.0 Å². The molecule has 35 heavy (non-hydrogen) atoms. The lowest BCUT2D eigenvalue weighted by molar-refractivity contribution is -0.128. The van der Waals surface area contributed by atoms with Crippen LogP contribution in [0, 0.1) is 0 Å². The lowest BCUT2D eigenvalue weighted by Gasteiger charge is -2.14. The Balaban J connectivity index is 1.41. The van der Waals surface area contributed by atoms with E-state index in [0.717, 1.165) is 18.4 Å². The molecule has 1 aromatic carbocycles. The van der Waals surface area contributed by atoms with E-state index in [0.29, 0.717) is 71.1 Å². The Kier molecular flexibility index (Phi) is 13.2. The molecule has 3 amide bonds. The van der Waals surface area contributed by atoms with Crippen molar-refractivity contribution < 1.29 is 33.4 Å². The number of Topliss-reactive ketones (excluding diaryl/α,β-unsaturated/α-hetero) is 1. The van der Waals surface area contributed by atoms with Crippen molar-refractivity contribution in [2.24, 2.45) is 0 Å². The van der Waals surface area contributed by atoms with Gasteiger partial charge in [0.2, 0.25) is 17.7 Å². The van der Waals surface area contributed by atoms with E-state index in [1.54, 1.807) is 36.2 Å². The van der Waals surface area contributed by atoms with E-state index in [1.807, 2.05) is 0 Å². The van der Waals surface area contributed by atoms with Crippen molar-refractivity contribution in [3.63, 3.8) is 0 Å². The quantitative estimate of drug-likeness (QED) is 0.230. The molecule has 0 aliphatic carbocycles. The van der Waals surface area contributed by atoms with E-state index in [2.05, 4.69) is 0 Å². The molecule has 9 nitrogen and oxygen atoms in total. The highest BCUT2D eigenvalue weighted by atomic mass is 16.5. The van der Waals surface area contributed by atoms with Crippen molar-refractivity contribution in [2.45, 2.75) is 51.9 Å². The first-order chi connectivity index (χ1) is 16.9. The van der Waals surface area contributed by atoms with Crippen LogP contribution in [-0.2, 0) is 39.8 Å². The van der Waals surface area contributed by atoms with Crippen LogP contribution in [0.2, 0.25) is 0 Å². The molecule has 0 spiro atoms. The smallest absolute Gasteiger partial charge is 0.234 e. The highest BCUT2D eigenvalue weighted by Crippen LogP contribution is 2.23. The van der Waals surface area contributed by atoms with Crippen LogP contribution in [0.25, 0.3) is 0 Å².